The third-order valence-corrected chi connectivity index (χ3v) is 0. The van der Waals surface area contributed by atoms with Crippen LogP contribution in [-0.4, -0.2) is 13.3 Å². The molecule has 5 heteroatoms. The zero-order chi connectivity index (χ0) is 5.58. The van der Waals surface area contributed by atoms with Crippen LogP contribution in [0.2, 0.25) is 0 Å². The van der Waals surface area contributed by atoms with Crippen molar-refractivity contribution in [1.82, 2.24) is 0 Å². The second-order valence-electron chi connectivity index (χ2n) is 0.217. The smallest absolute Gasteiger partial charge is 1.00 e. The molecule has 0 aliphatic carbocycles. The third kappa shape index (κ3) is 159. The van der Waals surface area contributed by atoms with E-state index in [0.29, 0.717) is 0 Å². The van der Waals surface area contributed by atoms with Crippen LogP contribution in [0.4, 0.5) is 0 Å². The molecule has 0 radical (unpaired) electrons. The van der Waals surface area contributed by atoms with Crippen LogP contribution in [0, 0.1) is 0 Å². The van der Waals surface area contributed by atoms with Crippen LogP contribution in [0.25, 0.3) is 0 Å². The molecule has 42 valence electrons. The van der Waals surface area contributed by atoms with Crippen LogP contribution < -0.4 is 29.6 Å². The van der Waals surface area contributed by atoms with Gasteiger partial charge in [0.15, 0.2) is 0 Å². The van der Waals surface area contributed by atoms with Gasteiger partial charge in [0.25, 0.3) is 0 Å². The summed E-state index contributed by atoms with van der Waals surface area (Å²) in [5.41, 5.74) is 0. The summed E-state index contributed by atoms with van der Waals surface area (Å²) in [7, 11) is 0. The second kappa shape index (κ2) is 15.7. The topological polar surface area (TPSA) is 60.4 Å². The molecular formula is C2H8NaO3S-. The summed E-state index contributed by atoms with van der Waals surface area (Å²) < 4.78 is 24.1. The van der Waals surface area contributed by atoms with Crippen molar-refractivity contribution < 1.29 is 44.3 Å². The van der Waals surface area contributed by atoms with Crippen molar-refractivity contribution in [3.05, 3.63) is 0 Å². The molecule has 0 fully saturated rings. The largest absolute Gasteiger partial charge is 1.00 e. The molecule has 1 atom stereocenters. The third-order valence-electron chi connectivity index (χ3n) is 0. The Kier molecular flexibility index (Phi) is 35.3. The maximum atomic E-state index is 8.56. The maximum Gasteiger partial charge on any atom is 1.00 e. The van der Waals surface area contributed by atoms with Crippen molar-refractivity contribution >= 4 is 11.4 Å². The second-order valence-corrected chi connectivity index (χ2v) is 0.651. The molecule has 0 amide bonds. The van der Waals surface area contributed by atoms with Crippen molar-refractivity contribution in [3.8, 4) is 0 Å². The summed E-state index contributed by atoms with van der Waals surface area (Å²) in [4.78, 5) is 0. The molecule has 0 bridgehead atoms. The number of rotatable bonds is 0. The van der Waals surface area contributed by atoms with Gasteiger partial charge in [0.05, 0.1) is 11.4 Å². The summed E-state index contributed by atoms with van der Waals surface area (Å²) in [5.74, 6) is 0. The van der Waals surface area contributed by atoms with Gasteiger partial charge in [-0.15, -0.1) is 0 Å². The van der Waals surface area contributed by atoms with E-state index in [1.807, 2.05) is 13.8 Å². The summed E-state index contributed by atoms with van der Waals surface area (Å²) in [6.45, 7) is 4.00. The van der Waals surface area contributed by atoms with Crippen LogP contribution in [0.1, 0.15) is 15.3 Å². The van der Waals surface area contributed by atoms with E-state index in [9.17, 15) is 0 Å². The van der Waals surface area contributed by atoms with Gasteiger partial charge in [0, 0.05) is 0 Å². The van der Waals surface area contributed by atoms with Gasteiger partial charge in [0.1, 0.15) is 0 Å². The van der Waals surface area contributed by atoms with E-state index < -0.39 is 11.4 Å². The number of hydrogen-bond acceptors (Lipinski definition) is 2. The van der Waals surface area contributed by atoms with Gasteiger partial charge < -0.3 is 10.5 Å². The van der Waals surface area contributed by atoms with Crippen LogP contribution in [0.15, 0.2) is 0 Å². The fourth-order valence-electron chi connectivity index (χ4n) is 0. The standard InChI is InChI=1S/C2H6.Na.H2O3S.H/c1-2;;1-4(2)3;/h1-2H3;;(H2,1,2,3);/q;+1;;-1/p-1. The minimum absolute atomic E-state index is 0. The van der Waals surface area contributed by atoms with Crippen molar-refractivity contribution in [2.75, 3.05) is 0 Å². The first-order chi connectivity index (χ1) is 2.73. The molecule has 0 aromatic heterocycles. The minimum atomic E-state index is -2.86. The SMILES string of the molecule is CC.O=S([O-])O.[H-].[Na+]. The summed E-state index contributed by atoms with van der Waals surface area (Å²) >= 11 is -2.86. The van der Waals surface area contributed by atoms with E-state index in [1.54, 1.807) is 0 Å². The molecule has 0 rings (SSSR count). The van der Waals surface area contributed by atoms with E-state index in [4.69, 9.17) is 13.3 Å². The fourth-order valence-corrected chi connectivity index (χ4v) is 0. The van der Waals surface area contributed by atoms with Gasteiger partial charge >= 0.3 is 29.6 Å². The molecule has 0 aliphatic heterocycles. The van der Waals surface area contributed by atoms with Gasteiger partial charge in [-0.1, -0.05) is 13.8 Å². The maximum absolute atomic E-state index is 8.56. The summed E-state index contributed by atoms with van der Waals surface area (Å²) in [6, 6.07) is 0. The van der Waals surface area contributed by atoms with E-state index in [1.165, 1.54) is 0 Å². The van der Waals surface area contributed by atoms with Crippen molar-refractivity contribution in [2.45, 2.75) is 13.8 Å². The van der Waals surface area contributed by atoms with Crippen LogP contribution >= 0.6 is 0 Å². The van der Waals surface area contributed by atoms with Gasteiger partial charge in [-0.25, -0.2) is 4.21 Å². The Hall–Kier alpha value is 1.07. The average Bonchev–Trinajstić information content (AvgIpc) is 1.41. The van der Waals surface area contributed by atoms with E-state index in [-0.39, 0.29) is 31.0 Å². The fraction of sp³-hybridized carbons (Fsp3) is 1.00. The molecule has 7 heavy (non-hydrogen) atoms. The zero-order valence-corrected chi connectivity index (χ0v) is 7.49. The van der Waals surface area contributed by atoms with E-state index in [0.717, 1.165) is 0 Å². The zero-order valence-electron chi connectivity index (χ0n) is 5.67. The molecule has 0 heterocycles. The molecule has 0 aromatic rings. The Morgan fingerprint density at radius 2 is 1.71 bits per heavy atom. The Bertz CT molecular complexity index is 40.3. The van der Waals surface area contributed by atoms with Gasteiger partial charge in [-0.2, -0.15) is 0 Å². The molecule has 0 saturated carbocycles. The molecule has 0 aromatic carbocycles. The van der Waals surface area contributed by atoms with Crippen LogP contribution in [0.3, 0.4) is 0 Å². The minimum Gasteiger partial charge on any atom is -1.00 e. The Morgan fingerprint density at radius 1 is 1.71 bits per heavy atom. The van der Waals surface area contributed by atoms with Gasteiger partial charge in [-0.05, 0) is 0 Å². The normalized spacial score (nSPS) is 9.71. The van der Waals surface area contributed by atoms with E-state index in [2.05, 4.69) is 0 Å². The van der Waals surface area contributed by atoms with Gasteiger partial charge in [-0.3, -0.25) is 0 Å². The summed E-state index contributed by atoms with van der Waals surface area (Å²) in [5, 5.41) is 0. The summed E-state index contributed by atoms with van der Waals surface area (Å²) in [6.07, 6.45) is 0. The monoisotopic (exact) mass is 135 g/mol. The predicted octanol–water partition coefficient (Wildman–Crippen LogP) is -2.52. The van der Waals surface area contributed by atoms with Gasteiger partial charge in [0.2, 0.25) is 0 Å². The first-order valence-electron chi connectivity index (χ1n) is 1.52. The van der Waals surface area contributed by atoms with Crippen LogP contribution in [0.5, 0.6) is 0 Å². The molecule has 1 N–H and O–H groups in total. The Balaban J connectivity index is -0.0000000183. The van der Waals surface area contributed by atoms with Crippen LogP contribution in [-0.2, 0) is 11.4 Å². The Morgan fingerprint density at radius 3 is 1.71 bits per heavy atom. The molecule has 0 spiro atoms. The molecule has 0 aliphatic rings. The number of hydrogen-bond donors (Lipinski definition) is 1. The quantitative estimate of drug-likeness (QED) is 0.294. The molecule has 0 saturated heterocycles. The average molecular weight is 135 g/mol. The first kappa shape index (κ1) is 15.7. The van der Waals surface area contributed by atoms with Crippen molar-refractivity contribution in [2.24, 2.45) is 0 Å². The molecular weight excluding hydrogens is 127 g/mol. The first-order valence-corrected chi connectivity index (χ1v) is 2.55. The van der Waals surface area contributed by atoms with Crippen molar-refractivity contribution in [1.29, 1.82) is 0 Å². The van der Waals surface area contributed by atoms with E-state index >= 15 is 0 Å². The molecule has 1 unspecified atom stereocenters. The van der Waals surface area contributed by atoms with Crippen molar-refractivity contribution in [3.63, 3.8) is 0 Å². The predicted molar refractivity (Wildman–Crippen MR) is 24.0 cm³/mol. The molecule has 3 nitrogen and oxygen atoms in total. The Labute approximate surface area is 69.4 Å².